The average Bonchev–Trinajstić information content (AvgIpc) is 3.35. The number of fused-ring (bicyclic) bond motifs is 1. The summed E-state index contributed by atoms with van der Waals surface area (Å²) >= 11 is 3.49. The molecule has 2 unspecified atom stereocenters. The molecule has 0 aromatic carbocycles. The smallest absolute Gasteiger partial charge is 0.407 e. The van der Waals surface area contributed by atoms with Crippen LogP contribution < -0.4 is 10.6 Å². The Morgan fingerprint density at radius 3 is 3.11 bits per heavy atom. The van der Waals surface area contributed by atoms with Crippen LogP contribution in [0.25, 0.3) is 5.52 Å². The third kappa shape index (κ3) is 3.96. The van der Waals surface area contributed by atoms with E-state index in [0.717, 1.165) is 34.9 Å². The number of aromatic amines is 1. The highest BCUT2D eigenvalue weighted by molar-refractivity contribution is 9.10. The second-order valence-electron chi connectivity index (χ2n) is 7.23. The van der Waals surface area contributed by atoms with Crippen LogP contribution in [0.4, 0.5) is 16.4 Å². The maximum Gasteiger partial charge on any atom is 0.407 e. The van der Waals surface area contributed by atoms with Gasteiger partial charge in [0.05, 0.1) is 10.7 Å². The molecule has 1 aliphatic rings. The maximum absolute atomic E-state index is 11.8. The fourth-order valence-electron chi connectivity index (χ4n) is 3.48. The van der Waals surface area contributed by atoms with Crippen molar-refractivity contribution in [1.82, 2.24) is 30.1 Å². The Hall–Kier alpha value is -2.62. The van der Waals surface area contributed by atoms with Gasteiger partial charge in [0.1, 0.15) is 11.6 Å². The number of carbonyl (C=O) groups excluding carboxylic acids is 1. The number of hydrogen-bond acceptors (Lipinski definition) is 6. The molecule has 1 fully saturated rings. The first-order chi connectivity index (χ1) is 13.5. The molecular weight excluding hydrogens is 426 g/mol. The molecule has 3 N–H and O–H groups in total. The topological polar surface area (TPSA) is 109 Å². The highest BCUT2D eigenvalue weighted by atomic mass is 79.9. The summed E-state index contributed by atoms with van der Waals surface area (Å²) in [5.74, 6) is 1.64. The molecule has 9 nitrogen and oxygen atoms in total. The normalized spacial score (nSPS) is 19.3. The molecule has 3 aromatic rings. The number of anilines is 2. The number of amides is 1. The van der Waals surface area contributed by atoms with Crippen molar-refractivity contribution >= 4 is 39.2 Å². The number of nitrogens with one attached hydrogen (secondary N) is 3. The molecule has 10 heteroatoms. The van der Waals surface area contributed by atoms with Crippen molar-refractivity contribution in [2.24, 2.45) is 0 Å². The van der Waals surface area contributed by atoms with Crippen LogP contribution in [-0.2, 0) is 4.74 Å². The minimum absolute atomic E-state index is 0.0679. The third-order valence-electron chi connectivity index (χ3n) is 4.74. The number of hydrogen-bond donors (Lipinski definition) is 3. The summed E-state index contributed by atoms with van der Waals surface area (Å²) in [6, 6.07) is 2.05. The zero-order valence-electron chi connectivity index (χ0n) is 15.6. The molecule has 1 amide bonds. The van der Waals surface area contributed by atoms with Gasteiger partial charge in [-0.05, 0) is 49.0 Å². The van der Waals surface area contributed by atoms with Gasteiger partial charge < -0.3 is 15.4 Å². The summed E-state index contributed by atoms with van der Waals surface area (Å²) in [5, 5.41) is 17.7. The molecule has 1 aliphatic carbocycles. The second kappa shape index (κ2) is 7.78. The summed E-state index contributed by atoms with van der Waals surface area (Å²) < 4.78 is 8.10. The lowest BCUT2D eigenvalue weighted by Crippen LogP contribution is -2.33. The highest BCUT2D eigenvalue weighted by Crippen LogP contribution is 2.36. The zero-order chi connectivity index (χ0) is 19.7. The van der Waals surface area contributed by atoms with E-state index in [2.05, 4.69) is 46.8 Å². The summed E-state index contributed by atoms with van der Waals surface area (Å²) in [7, 11) is 0. The number of halogens is 1. The molecule has 2 atom stereocenters. The van der Waals surface area contributed by atoms with Crippen LogP contribution >= 0.6 is 15.9 Å². The van der Waals surface area contributed by atoms with Crippen LogP contribution in [0, 0.1) is 0 Å². The molecule has 0 saturated heterocycles. The van der Waals surface area contributed by atoms with Gasteiger partial charge in [0, 0.05) is 36.1 Å². The van der Waals surface area contributed by atoms with Gasteiger partial charge in [-0.3, -0.25) is 5.10 Å². The van der Waals surface area contributed by atoms with Gasteiger partial charge in [0.15, 0.2) is 11.6 Å². The van der Waals surface area contributed by atoms with Gasteiger partial charge in [-0.1, -0.05) is 0 Å². The van der Waals surface area contributed by atoms with Crippen molar-refractivity contribution in [1.29, 1.82) is 0 Å². The van der Waals surface area contributed by atoms with E-state index in [-0.39, 0.29) is 24.2 Å². The number of H-pyrrole nitrogens is 1. The van der Waals surface area contributed by atoms with Gasteiger partial charge >= 0.3 is 6.09 Å². The Labute approximate surface area is 170 Å². The largest absolute Gasteiger partial charge is 0.446 e. The summed E-state index contributed by atoms with van der Waals surface area (Å²) in [5.41, 5.74) is 1.87. The lowest BCUT2D eigenvalue weighted by molar-refractivity contribution is 0.0981. The Morgan fingerprint density at radius 1 is 1.43 bits per heavy atom. The first kappa shape index (κ1) is 18.7. The van der Waals surface area contributed by atoms with Crippen LogP contribution in [0.3, 0.4) is 0 Å². The molecule has 0 bridgehead atoms. The average molecular weight is 448 g/mol. The van der Waals surface area contributed by atoms with Crippen LogP contribution in [0.5, 0.6) is 0 Å². The van der Waals surface area contributed by atoms with E-state index in [9.17, 15) is 4.79 Å². The molecule has 0 radical (unpaired) electrons. The summed E-state index contributed by atoms with van der Waals surface area (Å²) in [4.78, 5) is 16.2. The fraction of sp³-hybridized carbons (Fsp3) is 0.444. The molecule has 1 saturated carbocycles. The van der Waals surface area contributed by atoms with Crippen molar-refractivity contribution in [3.63, 3.8) is 0 Å². The van der Waals surface area contributed by atoms with E-state index in [1.54, 1.807) is 23.1 Å². The fourth-order valence-corrected chi connectivity index (χ4v) is 3.94. The van der Waals surface area contributed by atoms with Crippen LogP contribution in [-0.4, -0.2) is 43.0 Å². The minimum atomic E-state index is -0.349. The van der Waals surface area contributed by atoms with E-state index in [0.29, 0.717) is 11.6 Å². The van der Waals surface area contributed by atoms with Crippen molar-refractivity contribution in [2.45, 2.75) is 51.2 Å². The molecule has 3 heterocycles. The van der Waals surface area contributed by atoms with E-state index in [1.165, 1.54) is 0 Å². The summed E-state index contributed by atoms with van der Waals surface area (Å²) in [6.45, 7) is 3.82. The number of ether oxygens (including phenoxy) is 1. The van der Waals surface area contributed by atoms with Crippen molar-refractivity contribution in [3.05, 3.63) is 34.8 Å². The number of aromatic nitrogens is 5. The van der Waals surface area contributed by atoms with E-state index >= 15 is 0 Å². The molecule has 0 aliphatic heterocycles. The number of rotatable bonds is 5. The summed E-state index contributed by atoms with van der Waals surface area (Å²) in [6.07, 6.45) is 7.37. The first-order valence-electron chi connectivity index (χ1n) is 9.27. The SMILES string of the molecule is CC(C)NC(=O)OC1CCC(c2cc(Nc3nccn4ncc(Br)c34)n[nH]2)C1. The van der Waals surface area contributed by atoms with Crippen LogP contribution in [0.1, 0.15) is 44.7 Å². The maximum atomic E-state index is 11.8. The molecule has 4 rings (SSSR count). The van der Waals surface area contributed by atoms with Gasteiger partial charge in [-0.2, -0.15) is 10.2 Å². The van der Waals surface area contributed by atoms with Crippen molar-refractivity contribution in [2.75, 3.05) is 5.32 Å². The Bertz CT molecular complexity index is 983. The lowest BCUT2D eigenvalue weighted by atomic mass is 10.0. The van der Waals surface area contributed by atoms with Gasteiger partial charge in [-0.25, -0.2) is 14.3 Å². The zero-order valence-corrected chi connectivity index (χ0v) is 17.2. The Morgan fingerprint density at radius 2 is 2.29 bits per heavy atom. The third-order valence-corrected chi connectivity index (χ3v) is 5.32. The number of alkyl carbamates (subject to hydrolysis) is 1. The number of carbonyl (C=O) groups is 1. The molecule has 148 valence electrons. The van der Waals surface area contributed by atoms with E-state index in [4.69, 9.17) is 4.74 Å². The quantitative estimate of drug-likeness (QED) is 0.549. The molecule has 28 heavy (non-hydrogen) atoms. The predicted octanol–water partition coefficient (Wildman–Crippen LogP) is 3.73. The first-order valence-corrected chi connectivity index (χ1v) is 10.1. The van der Waals surface area contributed by atoms with Gasteiger partial charge in [-0.15, -0.1) is 0 Å². The van der Waals surface area contributed by atoms with Gasteiger partial charge in [0.25, 0.3) is 0 Å². The van der Waals surface area contributed by atoms with Crippen molar-refractivity contribution < 1.29 is 9.53 Å². The molecular formula is C18H22BrN7O2. The Kier molecular flexibility index (Phi) is 5.21. The Balaban J connectivity index is 1.41. The minimum Gasteiger partial charge on any atom is -0.446 e. The van der Waals surface area contributed by atoms with Crippen LogP contribution in [0.2, 0.25) is 0 Å². The van der Waals surface area contributed by atoms with Gasteiger partial charge in [0.2, 0.25) is 0 Å². The monoisotopic (exact) mass is 447 g/mol. The number of nitrogens with zero attached hydrogens (tertiary/aromatic N) is 4. The van der Waals surface area contributed by atoms with E-state index < -0.39 is 0 Å². The standard InChI is InChI=1S/C18H22BrN7O2/c1-10(2)22-18(27)28-12-4-3-11(7-12)14-8-15(25-24-14)23-17-16-13(19)9-21-26(16)6-5-20-17/h5-6,8-12H,3-4,7H2,1-2H3,(H,22,27)(H2,20,23,24,25). The molecule has 3 aromatic heterocycles. The van der Waals surface area contributed by atoms with Crippen molar-refractivity contribution in [3.8, 4) is 0 Å². The van der Waals surface area contributed by atoms with Crippen LogP contribution in [0.15, 0.2) is 29.1 Å². The van der Waals surface area contributed by atoms with E-state index in [1.807, 2.05) is 19.9 Å². The highest BCUT2D eigenvalue weighted by Gasteiger charge is 2.30. The molecule has 0 spiro atoms. The second-order valence-corrected chi connectivity index (χ2v) is 8.09. The lowest BCUT2D eigenvalue weighted by Gasteiger charge is -2.14. The predicted molar refractivity (Wildman–Crippen MR) is 108 cm³/mol.